The van der Waals surface area contributed by atoms with Crippen molar-refractivity contribution in [2.75, 3.05) is 13.1 Å². The van der Waals surface area contributed by atoms with E-state index in [0.29, 0.717) is 30.4 Å². The Balaban J connectivity index is 1.44. The topological polar surface area (TPSA) is 81.4 Å². The van der Waals surface area contributed by atoms with Crippen LogP contribution in [0.25, 0.3) is 0 Å². The smallest absolute Gasteiger partial charge is 0.359 e. The molecule has 7 nitrogen and oxygen atoms in total. The number of carbonyl (C=O) groups excluding carboxylic acids is 1. The van der Waals surface area contributed by atoms with Crippen molar-refractivity contribution in [3.63, 3.8) is 0 Å². The van der Waals surface area contributed by atoms with Crippen molar-refractivity contribution < 1.29 is 14.1 Å². The van der Waals surface area contributed by atoms with E-state index < -0.39 is 0 Å². The fourth-order valence-electron chi connectivity index (χ4n) is 3.04. The molecule has 0 spiro atoms. The van der Waals surface area contributed by atoms with E-state index in [1.807, 2.05) is 36.4 Å². The number of para-hydroxylation sites is 1. The quantitative estimate of drug-likeness (QED) is 0.718. The van der Waals surface area contributed by atoms with Gasteiger partial charge >= 0.3 is 6.01 Å². The Morgan fingerprint density at radius 1 is 1.15 bits per heavy atom. The fraction of sp³-hybridized carbons (Fsp3) is 0.263. The minimum absolute atomic E-state index is 0.00274. The van der Waals surface area contributed by atoms with Crippen LogP contribution in [0.1, 0.15) is 35.1 Å². The summed E-state index contributed by atoms with van der Waals surface area (Å²) in [5.41, 5.74) is 0.451. The molecule has 3 aromatic rings. The number of ether oxygens (including phenoxy) is 1. The molecule has 1 fully saturated rings. The average Bonchev–Trinajstić information content (AvgIpc) is 3.17. The first-order valence-corrected chi connectivity index (χ1v) is 8.56. The summed E-state index contributed by atoms with van der Waals surface area (Å²) in [5, 5.41) is 3.89. The van der Waals surface area contributed by atoms with Gasteiger partial charge in [-0.05, 0) is 42.3 Å². The summed E-state index contributed by atoms with van der Waals surface area (Å²) in [7, 11) is 0. The maximum absolute atomic E-state index is 12.6. The summed E-state index contributed by atoms with van der Waals surface area (Å²) < 4.78 is 11.0. The van der Waals surface area contributed by atoms with Crippen molar-refractivity contribution in [2.24, 2.45) is 0 Å². The van der Waals surface area contributed by atoms with Gasteiger partial charge in [-0.15, -0.1) is 0 Å². The number of benzene rings is 1. The molecule has 1 aliphatic heterocycles. The summed E-state index contributed by atoms with van der Waals surface area (Å²) >= 11 is 0. The molecule has 7 heteroatoms. The lowest BCUT2D eigenvalue weighted by molar-refractivity contribution is 0.0689. The SMILES string of the molecule is O=C(c1ccccn1)N1CCCC(c2nc(Oc3ccccc3)no2)C1. The van der Waals surface area contributed by atoms with Gasteiger partial charge in [-0.1, -0.05) is 24.3 Å². The minimum Gasteiger partial charge on any atom is -0.422 e. The van der Waals surface area contributed by atoms with Crippen molar-refractivity contribution in [2.45, 2.75) is 18.8 Å². The summed E-state index contributed by atoms with van der Waals surface area (Å²) in [6.45, 7) is 1.23. The zero-order valence-corrected chi connectivity index (χ0v) is 14.1. The Hall–Kier alpha value is -3.22. The van der Waals surface area contributed by atoms with Crippen LogP contribution in [-0.4, -0.2) is 39.0 Å². The summed E-state index contributed by atoms with van der Waals surface area (Å²) in [5.74, 6) is 1.07. The molecule has 0 radical (unpaired) electrons. The zero-order valence-electron chi connectivity index (χ0n) is 14.1. The van der Waals surface area contributed by atoms with Gasteiger partial charge in [0.15, 0.2) is 0 Å². The fourth-order valence-corrected chi connectivity index (χ4v) is 3.04. The average molecular weight is 350 g/mol. The molecule has 1 atom stereocenters. The maximum atomic E-state index is 12.6. The van der Waals surface area contributed by atoms with Crippen LogP contribution in [-0.2, 0) is 0 Å². The molecule has 1 saturated heterocycles. The van der Waals surface area contributed by atoms with Crippen LogP contribution < -0.4 is 4.74 Å². The molecule has 132 valence electrons. The highest BCUT2D eigenvalue weighted by molar-refractivity contribution is 5.92. The summed E-state index contributed by atoms with van der Waals surface area (Å²) in [6, 6.07) is 14.8. The molecule has 2 aromatic heterocycles. The lowest BCUT2D eigenvalue weighted by Gasteiger charge is -2.30. The molecule has 0 N–H and O–H groups in total. The van der Waals surface area contributed by atoms with E-state index in [4.69, 9.17) is 9.26 Å². The van der Waals surface area contributed by atoms with E-state index in [-0.39, 0.29) is 17.8 Å². The van der Waals surface area contributed by atoms with Crippen LogP contribution in [0.15, 0.2) is 59.3 Å². The Bertz CT molecular complexity index is 867. The van der Waals surface area contributed by atoms with Crippen molar-refractivity contribution in [3.8, 4) is 11.8 Å². The highest BCUT2D eigenvalue weighted by Crippen LogP contribution is 2.28. The molecule has 1 aromatic carbocycles. The predicted molar refractivity (Wildman–Crippen MR) is 92.9 cm³/mol. The van der Waals surface area contributed by atoms with Crippen molar-refractivity contribution >= 4 is 5.91 Å². The first-order valence-electron chi connectivity index (χ1n) is 8.56. The van der Waals surface area contributed by atoms with Crippen molar-refractivity contribution in [3.05, 3.63) is 66.3 Å². The van der Waals surface area contributed by atoms with E-state index in [1.165, 1.54) is 0 Å². The van der Waals surface area contributed by atoms with Crippen LogP contribution in [0.4, 0.5) is 0 Å². The second kappa shape index (κ2) is 7.35. The van der Waals surface area contributed by atoms with E-state index in [2.05, 4.69) is 15.1 Å². The second-order valence-corrected chi connectivity index (χ2v) is 6.14. The maximum Gasteiger partial charge on any atom is 0.359 e. The molecule has 0 aliphatic carbocycles. The van der Waals surface area contributed by atoms with Crippen LogP contribution in [0.5, 0.6) is 11.8 Å². The molecule has 0 bridgehead atoms. The number of nitrogens with zero attached hydrogens (tertiary/aromatic N) is 4. The van der Waals surface area contributed by atoms with Crippen molar-refractivity contribution in [1.29, 1.82) is 0 Å². The zero-order chi connectivity index (χ0) is 17.8. The van der Waals surface area contributed by atoms with Gasteiger partial charge in [-0.3, -0.25) is 9.78 Å². The van der Waals surface area contributed by atoms with Gasteiger partial charge < -0.3 is 14.2 Å². The minimum atomic E-state index is -0.0735. The third kappa shape index (κ3) is 3.56. The summed E-state index contributed by atoms with van der Waals surface area (Å²) in [6.07, 6.45) is 3.39. The van der Waals surface area contributed by atoms with E-state index >= 15 is 0 Å². The molecular weight excluding hydrogens is 332 g/mol. The van der Waals surface area contributed by atoms with Crippen LogP contribution >= 0.6 is 0 Å². The van der Waals surface area contributed by atoms with Gasteiger partial charge in [0.1, 0.15) is 11.4 Å². The van der Waals surface area contributed by atoms with Gasteiger partial charge in [-0.25, -0.2) is 0 Å². The number of rotatable bonds is 4. The Labute approximate surface area is 150 Å². The van der Waals surface area contributed by atoms with Gasteiger partial charge in [0.25, 0.3) is 5.91 Å². The molecule has 1 aliphatic rings. The highest BCUT2D eigenvalue weighted by atomic mass is 16.6. The molecule has 1 unspecified atom stereocenters. The number of aromatic nitrogens is 3. The van der Waals surface area contributed by atoms with Gasteiger partial charge in [0.2, 0.25) is 5.89 Å². The third-order valence-corrected chi connectivity index (χ3v) is 4.32. The van der Waals surface area contributed by atoms with Crippen LogP contribution in [0.2, 0.25) is 0 Å². The lowest BCUT2D eigenvalue weighted by atomic mass is 9.97. The van der Waals surface area contributed by atoms with Crippen LogP contribution in [0.3, 0.4) is 0 Å². The number of piperidine rings is 1. The van der Waals surface area contributed by atoms with E-state index in [1.54, 1.807) is 23.2 Å². The van der Waals surface area contributed by atoms with Gasteiger partial charge in [0.05, 0.1) is 5.92 Å². The molecular formula is C19H18N4O3. The molecule has 1 amide bonds. The lowest BCUT2D eigenvalue weighted by Crippen LogP contribution is -2.39. The third-order valence-electron chi connectivity index (χ3n) is 4.32. The van der Waals surface area contributed by atoms with Gasteiger partial charge in [-0.2, -0.15) is 4.98 Å². The van der Waals surface area contributed by atoms with Crippen molar-refractivity contribution in [1.82, 2.24) is 20.0 Å². The molecule has 3 heterocycles. The second-order valence-electron chi connectivity index (χ2n) is 6.14. The molecule has 26 heavy (non-hydrogen) atoms. The number of likely N-dealkylation sites (tertiary alicyclic amines) is 1. The summed E-state index contributed by atoms with van der Waals surface area (Å²) in [4.78, 5) is 22.9. The number of hydrogen-bond acceptors (Lipinski definition) is 6. The largest absolute Gasteiger partial charge is 0.422 e. The first kappa shape index (κ1) is 16.3. The number of hydrogen-bond donors (Lipinski definition) is 0. The Kier molecular flexibility index (Phi) is 4.59. The highest BCUT2D eigenvalue weighted by Gasteiger charge is 2.29. The van der Waals surface area contributed by atoms with E-state index in [0.717, 1.165) is 12.8 Å². The Morgan fingerprint density at radius 2 is 2.00 bits per heavy atom. The molecule has 0 saturated carbocycles. The molecule has 4 rings (SSSR count). The monoisotopic (exact) mass is 350 g/mol. The van der Waals surface area contributed by atoms with E-state index in [9.17, 15) is 4.79 Å². The number of pyridine rings is 1. The van der Waals surface area contributed by atoms with Gasteiger partial charge in [0, 0.05) is 19.3 Å². The Morgan fingerprint density at radius 3 is 2.81 bits per heavy atom. The normalized spacial score (nSPS) is 17.1. The van der Waals surface area contributed by atoms with Crippen LogP contribution in [0, 0.1) is 0 Å². The predicted octanol–water partition coefficient (Wildman–Crippen LogP) is 3.28. The number of carbonyl (C=O) groups is 1. The number of amides is 1. The standard InChI is InChI=1S/C19H18N4O3/c24-18(16-10-4-5-11-20-16)23-12-6-7-14(13-23)17-21-19(22-26-17)25-15-8-2-1-3-9-15/h1-5,8-11,14H,6-7,12-13H2. The first-order chi connectivity index (χ1) is 12.8.